The van der Waals surface area contributed by atoms with Crippen molar-refractivity contribution in [1.82, 2.24) is 10.2 Å². The molecule has 0 bridgehead atoms. The molecule has 3 rings (SSSR count). The van der Waals surface area contributed by atoms with E-state index >= 15 is 0 Å². The number of furan rings is 1. The Kier molecular flexibility index (Phi) is 5.67. The monoisotopic (exact) mass is 379 g/mol. The van der Waals surface area contributed by atoms with Crippen molar-refractivity contribution in [3.8, 4) is 0 Å². The van der Waals surface area contributed by atoms with Gasteiger partial charge in [-0.15, -0.1) is 10.2 Å². The molecule has 0 amide bonds. The minimum atomic E-state index is -0.501. The zero-order chi connectivity index (χ0) is 17.6. The van der Waals surface area contributed by atoms with E-state index in [0.717, 1.165) is 9.90 Å². The molecule has 0 aliphatic heterocycles. The lowest BCUT2D eigenvalue weighted by molar-refractivity contribution is 0.0563. The SMILES string of the molecule is COC(=O)c1ccc(CSc2nnc(NCc3ccc(F)cc3)s2)o1. The topological polar surface area (TPSA) is 77.2 Å². The normalized spacial score (nSPS) is 10.6. The van der Waals surface area contributed by atoms with Gasteiger partial charge in [-0.1, -0.05) is 35.2 Å². The van der Waals surface area contributed by atoms with Crippen molar-refractivity contribution in [1.29, 1.82) is 0 Å². The van der Waals surface area contributed by atoms with Crippen LogP contribution in [0, 0.1) is 5.82 Å². The van der Waals surface area contributed by atoms with Crippen LogP contribution in [0.5, 0.6) is 0 Å². The van der Waals surface area contributed by atoms with Crippen LogP contribution in [0.2, 0.25) is 0 Å². The molecule has 2 heterocycles. The molecule has 0 radical (unpaired) electrons. The first-order valence-corrected chi connectivity index (χ1v) is 9.06. The van der Waals surface area contributed by atoms with Crippen LogP contribution < -0.4 is 5.32 Å². The number of benzene rings is 1. The van der Waals surface area contributed by atoms with Crippen LogP contribution in [0.1, 0.15) is 21.9 Å². The van der Waals surface area contributed by atoms with Crippen molar-refractivity contribution < 1.29 is 18.3 Å². The van der Waals surface area contributed by atoms with Crippen LogP contribution in [0.25, 0.3) is 0 Å². The summed E-state index contributed by atoms with van der Waals surface area (Å²) in [6.45, 7) is 0.542. The fraction of sp³-hybridized carbons (Fsp3) is 0.188. The number of methoxy groups -OCH3 is 1. The summed E-state index contributed by atoms with van der Waals surface area (Å²) in [4.78, 5) is 11.3. The molecule has 3 aromatic rings. The molecule has 25 heavy (non-hydrogen) atoms. The zero-order valence-corrected chi connectivity index (χ0v) is 14.8. The Hall–Kier alpha value is -2.39. The molecular formula is C16H14FN3O3S2. The predicted molar refractivity (Wildman–Crippen MR) is 93.2 cm³/mol. The smallest absolute Gasteiger partial charge is 0.373 e. The number of nitrogens with one attached hydrogen (secondary N) is 1. The molecule has 6 nitrogen and oxygen atoms in total. The minimum absolute atomic E-state index is 0.178. The number of hydrogen-bond donors (Lipinski definition) is 1. The number of rotatable bonds is 7. The fourth-order valence-electron chi connectivity index (χ4n) is 1.92. The number of hydrogen-bond acceptors (Lipinski definition) is 8. The largest absolute Gasteiger partial charge is 0.463 e. The predicted octanol–water partition coefficient (Wildman–Crippen LogP) is 3.96. The third kappa shape index (κ3) is 4.80. The lowest BCUT2D eigenvalue weighted by atomic mass is 10.2. The van der Waals surface area contributed by atoms with E-state index in [2.05, 4.69) is 20.3 Å². The summed E-state index contributed by atoms with van der Waals surface area (Å²) in [5.41, 5.74) is 0.955. The molecular weight excluding hydrogens is 365 g/mol. The number of halogens is 1. The minimum Gasteiger partial charge on any atom is -0.463 e. The third-order valence-corrected chi connectivity index (χ3v) is 5.19. The highest BCUT2D eigenvalue weighted by Crippen LogP contribution is 2.29. The van der Waals surface area contributed by atoms with Gasteiger partial charge in [0.1, 0.15) is 11.6 Å². The van der Waals surface area contributed by atoms with Crippen molar-refractivity contribution in [3.63, 3.8) is 0 Å². The highest BCUT2D eigenvalue weighted by Gasteiger charge is 2.12. The molecule has 0 spiro atoms. The van der Waals surface area contributed by atoms with Crippen LogP contribution in [0.3, 0.4) is 0 Å². The van der Waals surface area contributed by atoms with Gasteiger partial charge in [-0.3, -0.25) is 0 Å². The standard InChI is InChI=1S/C16H14FN3O3S2/c1-22-14(21)13-7-6-12(23-13)9-24-16-20-19-15(25-16)18-8-10-2-4-11(17)5-3-10/h2-7H,8-9H2,1H3,(H,18,19). The first kappa shape index (κ1) is 17.4. The van der Waals surface area contributed by atoms with E-state index in [0.29, 0.717) is 23.2 Å². The van der Waals surface area contributed by atoms with Gasteiger partial charge in [0.2, 0.25) is 10.9 Å². The van der Waals surface area contributed by atoms with Gasteiger partial charge >= 0.3 is 5.97 Å². The summed E-state index contributed by atoms with van der Waals surface area (Å²) < 4.78 is 23.6. The average Bonchev–Trinajstić information content (AvgIpc) is 3.28. The van der Waals surface area contributed by atoms with E-state index in [1.807, 2.05) is 0 Å². The second-order valence-corrected chi connectivity index (χ2v) is 7.10. The van der Waals surface area contributed by atoms with E-state index in [1.165, 1.54) is 42.3 Å². The molecule has 130 valence electrons. The van der Waals surface area contributed by atoms with Crippen LogP contribution >= 0.6 is 23.1 Å². The number of aromatic nitrogens is 2. The summed E-state index contributed by atoms with van der Waals surface area (Å²) in [6.07, 6.45) is 0. The maximum atomic E-state index is 12.9. The molecule has 0 aliphatic rings. The van der Waals surface area contributed by atoms with Crippen molar-refractivity contribution in [2.24, 2.45) is 0 Å². The molecule has 2 aromatic heterocycles. The van der Waals surface area contributed by atoms with E-state index in [-0.39, 0.29) is 11.6 Å². The number of thioether (sulfide) groups is 1. The Labute approximate surface area is 151 Å². The van der Waals surface area contributed by atoms with Gasteiger partial charge in [0.05, 0.1) is 12.9 Å². The van der Waals surface area contributed by atoms with Crippen LogP contribution in [-0.2, 0) is 17.0 Å². The number of ether oxygens (including phenoxy) is 1. The van der Waals surface area contributed by atoms with E-state index in [9.17, 15) is 9.18 Å². The Morgan fingerprint density at radius 3 is 2.84 bits per heavy atom. The van der Waals surface area contributed by atoms with E-state index in [4.69, 9.17) is 4.42 Å². The summed E-state index contributed by atoms with van der Waals surface area (Å²) in [5, 5.41) is 12.0. The summed E-state index contributed by atoms with van der Waals surface area (Å²) >= 11 is 2.87. The van der Waals surface area contributed by atoms with Crippen molar-refractivity contribution in [2.75, 3.05) is 12.4 Å². The first-order valence-electron chi connectivity index (χ1n) is 7.25. The lowest BCUT2D eigenvalue weighted by Gasteiger charge is -2.01. The second-order valence-electron chi connectivity index (χ2n) is 4.90. The molecule has 0 unspecified atom stereocenters. The van der Waals surface area contributed by atoms with Gasteiger partial charge in [0, 0.05) is 6.54 Å². The van der Waals surface area contributed by atoms with Crippen molar-refractivity contribution in [2.45, 2.75) is 16.6 Å². The van der Waals surface area contributed by atoms with Gasteiger partial charge in [-0.25, -0.2) is 9.18 Å². The molecule has 0 saturated carbocycles. The lowest BCUT2D eigenvalue weighted by Crippen LogP contribution is -1.98. The highest BCUT2D eigenvalue weighted by atomic mass is 32.2. The number of carbonyl (C=O) groups is 1. The van der Waals surface area contributed by atoms with Crippen molar-refractivity contribution in [3.05, 3.63) is 59.3 Å². The average molecular weight is 379 g/mol. The Bertz CT molecular complexity index is 848. The Balaban J connectivity index is 1.50. The van der Waals surface area contributed by atoms with Gasteiger partial charge in [-0.05, 0) is 29.8 Å². The molecule has 0 fully saturated rings. The highest BCUT2D eigenvalue weighted by molar-refractivity contribution is 8.00. The number of nitrogens with zero attached hydrogens (tertiary/aromatic N) is 2. The van der Waals surface area contributed by atoms with Gasteiger partial charge in [0.15, 0.2) is 4.34 Å². The Morgan fingerprint density at radius 1 is 1.28 bits per heavy atom. The van der Waals surface area contributed by atoms with Gasteiger partial charge < -0.3 is 14.5 Å². The summed E-state index contributed by atoms with van der Waals surface area (Å²) in [6, 6.07) is 9.59. The molecule has 0 atom stereocenters. The first-order chi connectivity index (χ1) is 12.1. The fourth-order valence-corrected chi connectivity index (χ4v) is 3.56. The molecule has 0 saturated heterocycles. The van der Waals surface area contributed by atoms with Crippen LogP contribution in [0.15, 0.2) is 45.2 Å². The molecule has 1 N–H and O–H groups in total. The third-order valence-electron chi connectivity index (χ3n) is 3.15. The second kappa shape index (κ2) is 8.13. The molecule has 1 aromatic carbocycles. The van der Waals surface area contributed by atoms with Gasteiger partial charge in [0.25, 0.3) is 0 Å². The number of esters is 1. The van der Waals surface area contributed by atoms with E-state index in [1.54, 1.807) is 24.3 Å². The number of anilines is 1. The Morgan fingerprint density at radius 2 is 2.08 bits per heavy atom. The van der Waals surface area contributed by atoms with Crippen LogP contribution in [0.4, 0.5) is 9.52 Å². The quantitative estimate of drug-likeness (QED) is 0.492. The summed E-state index contributed by atoms with van der Waals surface area (Å²) in [7, 11) is 1.31. The maximum Gasteiger partial charge on any atom is 0.373 e. The molecule has 0 aliphatic carbocycles. The maximum absolute atomic E-state index is 12.9. The van der Waals surface area contributed by atoms with Gasteiger partial charge in [-0.2, -0.15) is 0 Å². The molecule has 9 heteroatoms. The van der Waals surface area contributed by atoms with Crippen LogP contribution in [-0.4, -0.2) is 23.3 Å². The number of carbonyl (C=O) groups excluding carboxylic acids is 1. The van der Waals surface area contributed by atoms with Crippen molar-refractivity contribution >= 4 is 34.2 Å². The summed E-state index contributed by atoms with van der Waals surface area (Å²) in [5.74, 6) is 0.605. The van der Waals surface area contributed by atoms with E-state index < -0.39 is 5.97 Å². The zero-order valence-electron chi connectivity index (χ0n) is 13.2.